The number of benzene rings is 1. The third-order valence-electron chi connectivity index (χ3n) is 5.97. The van der Waals surface area contributed by atoms with Gasteiger partial charge in [0.15, 0.2) is 0 Å². The highest BCUT2D eigenvalue weighted by molar-refractivity contribution is 7.10. The van der Waals surface area contributed by atoms with E-state index in [1.165, 1.54) is 5.56 Å². The summed E-state index contributed by atoms with van der Waals surface area (Å²) in [6.45, 7) is 3.22. The molecule has 2 aromatic heterocycles. The number of hydrogen-bond acceptors (Lipinski definition) is 3. The minimum absolute atomic E-state index is 0.0486. The summed E-state index contributed by atoms with van der Waals surface area (Å²) in [4.78, 5) is 35.1. The van der Waals surface area contributed by atoms with Gasteiger partial charge in [0.25, 0.3) is 5.91 Å². The molecular weight excluding hydrogens is 370 g/mol. The van der Waals surface area contributed by atoms with Crippen LogP contribution in [0.2, 0.25) is 0 Å². The predicted molar refractivity (Wildman–Crippen MR) is 110 cm³/mol. The second-order valence-corrected chi connectivity index (χ2v) is 8.60. The van der Waals surface area contributed by atoms with Crippen molar-refractivity contribution in [3.05, 3.63) is 57.9 Å². The highest BCUT2D eigenvalue weighted by atomic mass is 32.1. The molecule has 3 aromatic rings. The summed E-state index contributed by atoms with van der Waals surface area (Å²) in [7, 11) is 0. The summed E-state index contributed by atoms with van der Waals surface area (Å²) in [6, 6.07) is 11.2. The van der Waals surface area contributed by atoms with Crippen molar-refractivity contribution in [1.29, 1.82) is 0 Å². The van der Waals surface area contributed by atoms with E-state index in [2.05, 4.69) is 24.0 Å². The topological polar surface area (TPSA) is 56.4 Å². The summed E-state index contributed by atoms with van der Waals surface area (Å²) in [5.41, 5.74) is 3.32. The van der Waals surface area contributed by atoms with E-state index < -0.39 is 12.1 Å². The number of carbonyl (C=O) groups excluding carboxylic acids is 2. The van der Waals surface area contributed by atoms with Gasteiger partial charge in [-0.2, -0.15) is 0 Å². The number of H-pyrrole nitrogens is 1. The van der Waals surface area contributed by atoms with E-state index in [4.69, 9.17) is 0 Å². The largest absolute Gasteiger partial charge is 0.357 e. The smallest absolute Gasteiger partial charge is 0.251 e. The first-order chi connectivity index (χ1) is 13.7. The van der Waals surface area contributed by atoms with E-state index in [1.807, 2.05) is 34.5 Å². The van der Waals surface area contributed by atoms with Gasteiger partial charge in [0, 0.05) is 34.4 Å². The molecule has 1 saturated heterocycles. The Kier molecular flexibility index (Phi) is 4.23. The Morgan fingerprint density at radius 2 is 2.00 bits per heavy atom. The molecule has 1 fully saturated rings. The van der Waals surface area contributed by atoms with Crippen LogP contribution in [0.15, 0.2) is 41.8 Å². The number of hydrogen-bond donors (Lipinski definition) is 1. The number of thiophene rings is 1. The Balaban J connectivity index is 1.57. The van der Waals surface area contributed by atoms with E-state index in [0.29, 0.717) is 19.5 Å². The van der Waals surface area contributed by atoms with E-state index in [0.717, 1.165) is 34.3 Å². The first kappa shape index (κ1) is 17.5. The second-order valence-electron chi connectivity index (χ2n) is 7.62. The van der Waals surface area contributed by atoms with E-state index in [1.54, 1.807) is 16.2 Å². The van der Waals surface area contributed by atoms with Gasteiger partial charge in [0.1, 0.15) is 12.1 Å². The number of aromatic nitrogens is 1. The van der Waals surface area contributed by atoms with E-state index in [-0.39, 0.29) is 11.8 Å². The molecule has 5 rings (SSSR count). The molecule has 28 heavy (non-hydrogen) atoms. The lowest BCUT2D eigenvalue weighted by Crippen LogP contribution is -2.62. The summed E-state index contributed by atoms with van der Waals surface area (Å²) in [5.74, 6) is 0.134. The number of nitrogens with one attached hydrogen (secondary N) is 1. The van der Waals surface area contributed by atoms with Gasteiger partial charge in [-0.3, -0.25) is 9.59 Å². The molecule has 2 aliphatic heterocycles. The summed E-state index contributed by atoms with van der Waals surface area (Å²) in [5, 5.41) is 3.14. The fraction of sp³-hybridized carbons (Fsp3) is 0.364. The number of rotatable bonds is 4. The molecule has 2 aliphatic rings. The quantitative estimate of drug-likeness (QED) is 0.732. The van der Waals surface area contributed by atoms with Crippen molar-refractivity contribution in [3.8, 4) is 0 Å². The lowest BCUT2D eigenvalue weighted by molar-refractivity contribution is -0.163. The molecule has 0 spiro atoms. The van der Waals surface area contributed by atoms with Crippen LogP contribution in [0.25, 0.3) is 10.9 Å². The Labute approximate surface area is 168 Å². The third-order valence-corrected chi connectivity index (χ3v) is 6.89. The van der Waals surface area contributed by atoms with Gasteiger partial charge in [-0.1, -0.05) is 37.6 Å². The lowest BCUT2D eigenvalue weighted by Gasteiger charge is -2.46. The van der Waals surface area contributed by atoms with Crippen molar-refractivity contribution >= 4 is 34.1 Å². The SMILES string of the molecule is CCCCN1C(=O)C2Cc3c([nH]c4ccccc34)CN2C(=O)C1c1cccs1. The van der Waals surface area contributed by atoms with Crippen molar-refractivity contribution in [2.24, 2.45) is 0 Å². The van der Waals surface area contributed by atoms with Crippen LogP contribution in [-0.4, -0.2) is 39.2 Å². The fourth-order valence-corrected chi connectivity index (χ4v) is 5.39. The minimum atomic E-state index is -0.485. The van der Waals surface area contributed by atoms with Crippen molar-refractivity contribution in [2.45, 2.75) is 44.8 Å². The number of unbranched alkanes of at least 4 members (excludes halogenated alkanes) is 1. The molecule has 2 amide bonds. The minimum Gasteiger partial charge on any atom is -0.357 e. The molecular formula is C22H23N3O2S. The molecule has 0 radical (unpaired) electrons. The fourth-order valence-electron chi connectivity index (χ4n) is 4.56. The monoisotopic (exact) mass is 393 g/mol. The summed E-state index contributed by atoms with van der Waals surface area (Å²) in [6.07, 6.45) is 2.49. The number of carbonyl (C=O) groups is 2. The maximum Gasteiger partial charge on any atom is 0.251 e. The third kappa shape index (κ3) is 2.58. The molecule has 5 nitrogen and oxygen atoms in total. The standard InChI is InChI=1S/C22H23N3O2S/c1-2-3-10-24-20(19-9-6-11-28-19)22(27)25-13-17-15(12-18(25)21(24)26)14-7-4-5-8-16(14)23-17/h4-9,11,18,20,23H,2-3,10,12-13H2,1H3. The van der Waals surface area contributed by atoms with Gasteiger partial charge >= 0.3 is 0 Å². The maximum absolute atomic E-state index is 13.5. The van der Waals surface area contributed by atoms with E-state index >= 15 is 0 Å². The normalized spacial score (nSPS) is 21.9. The first-order valence-electron chi connectivity index (χ1n) is 9.92. The zero-order valence-corrected chi connectivity index (χ0v) is 16.7. The number of para-hydroxylation sites is 1. The Bertz CT molecular complexity index is 1040. The van der Waals surface area contributed by atoms with Gasteiger partial charge in [0.05, 0.1) is 6.54 Å². The molecule has 2 atom stereocenters. The molecule has 0 aliphatic carbocycles. The van der Waals surface area contributed by atoms with Crippen LogP contribution in [0.1, 0.15) is 41.9 Å². The van der Waals surface area contributed by atoms with Crippen LogP contribution >= 0.6 is 11.3 Å². The molecule has 144 valence electrons. The highest BCUT2D eigenvalue weighted by Crippen LogP contribution is 2.38. The summed E-state index contributed by atoms with van der Waals surface area (Å²) >= 11 is 1.55. The second kappa shape index (κ2) is 6.78. The van der Waals surface area contributed by atoms with Crippen molar-refractivity contribution in [2.75, 3.05) is 6.54 Å². The van der Waals surface area contributed by atoms with Crippen LogP contribution < -0.4 is 0 Å². The maximum atomic E-state index is 13.5. The first-order valence-corrected chi connectivity index (χ1v) is 10.8. The van der Waals surface area contributed by atoms with Crippen LogP contribution in [0.5, 0.6) is 0 Å². The van der Waals surface area contributed by atoms with Crippen LogP contribution in [0.4, 0.5) is 0 Å². The number of aromatic amines is 1. The average molecular weight is 394 g/mol. The van der Waals surface area contributed by atoms with Crippen molar-refractivity contribution in [3.63, 3.8) is 0 Å². The van der Waals surface area contributed by atoms with Crippen LogP contribution in [0.3, 0.4) is 0 Å². The van der Waals surface area contributed by atoms with Gasteiger partial charge in [0.2, 0.25) is 5.91 Å². The van der Waals surface area contributed by atoms with Crippen LogP contribution in [-0.2, 0) is 22.6 Å². The molecule has 2 unspecified atom stereocenters. The Morgan fingerprint density at radius 1 is 1.14 bits per heavy atom. The van der Waals surface area contributed by atoms with Crippen LogP contribution in [0, 0.1) is 0 Å². The van der Waals surface area contributed by atoms with Gasteiger partial charge in [-0.25, -0.2) is 0 Å². The molecule has 1 aromatic carbocycles. The zero-order chi connectivity index (χ0) is 19.3. The average Bonchev–Trinajstić information content (AvgIpc) is 3.36. The Hall–Kier alpha value is -2.60. The summed E-state index contributed by atoms with van der Waals surface area (Å²) < 4.78 is 0. The molecule has 0 saturated carbocycles. The van der Waals surface area contributed by atoms with E-state index in [9.17, 15) is 9.59 Å². The lowest BCUT2D eigenvalue weighted by atomic mass is 9.91. The van der Waals surface area contributed by atoms with Crippen molar-refractivity contribution in [1.82, 2.24) is 14.8 Å². The number of amides is 2. The molecule has 6 heteroatoms. The number of fused-ring (bicyclic) bond motifs is 4. The molecule has 4 heterocycles. The number of nitrogens with zero attached hydrogens (tertiary/aromatic N) is 2. The van der Waals surface area contributed by atoms with Gasteiger partial charge in [-0.05, 0) is 29.5 Å². The predicted octanol–water partition coefficient (Wildman–Crippen LogP) is 3.87. The highest BCUT2D eigenvalue weighted by Gasteiger charge is 2.48. The zero-order valence-electron chi connectivity index (χ0n) is 15.9. The van der Waals surface area contributed by atoms with Crippen molar-refractivity contribution < 1.29 is 9.59 Å². The number of piperazine rings is 1. The molecule has 0 bridgehead atoms. The van der Waals surface area contributed by atoms with Gasteiger partial charge < -0.3 is 14.8 Å². The molecule has 1 N–H and O–H groups in total. The Morgan fingerprint density at radius 3 is 2.79 bits per heavy atom. The van der Waals surface area contributed by atoms with Gasteiger partial charge in [-0.15, -0.1) is 11.3 Å².